The van der Waals surface area contributed by atoms with Gasteiger partial charge in [-0.1, -0.05) is 176 Å². The number of thiophene rings is 1. The van der Waals surface area contributed by atoms with Crippen molar-refractivity contribution in [1.82, 2.24) is 19.5 Å². The van der Waals surface area contributed by atoms with Crippen LogP contribution in [-0.2, 0) is 0 Å². The molecule has 0 fully saturated rings. The van der Waals surface area contributed by atoms with E-state index in [1.165, 1.54) is 58.8 Å². The van der Waals surface area contributed by atoms with Crippen molar-refractivity contribution >= 4 is 53.3 Å². The molecule has 3 aromatic heterocycles. The second-order valence-electron chi connectivity index (χ2n) is 14.0. The minimum absolute atomic E-state index is 0.642. The number of benzene rings is 8. The maximum absolute atomic E-state index is 5.04. The first-order valence-corrected chi connectivity index (χ1v) is 19.6. The number of para-hydroxylation sites is 2. The SMILES string of the molecule is c1ccc(-c2ccc(-c3nc(-c4ccccc4)nc(-c4ccc(-c5cccc6c5sc5c6ccc6c7ccccc7n(-c7ccccc7)c65)cc4)n3)cc2)cc1. The van der Waals surface area contributed by atoms with Crippen molar-refractivity contribution in [3.8, 4) is 62.1 Å². The fraction of sp³-hybridized carbons (Fsp3) is 0. The summed E-state index contributed by atoms with van der Waals surface area (Å²) >= 11 is 1.88. The van der Waals surface area contributed by atoms with Gasteiger partial charge in [0.1, 0.15) is 0 Å². The van der Waals surface area contributed by atoms with Crippen LogP contribution in [0.15, 0.2) is 194 Å². The van der Waals surface area contributed by atoms with E-state index in [4.69, 9.17) is 15.0 Å². The standard InChI is InChI=1S/C51H32N4S/c1-4-13-33(14-5-1)34-23-27-37(28-24-34)50-52-49(36-15-6-2-7-16-36)53-51(54-50)38-29-25-35(26-30-38)40-20-12-21-43-44-32-31-42-41-19-10-11-22-45(41)55(39-17-8-3-9-18-39)46(42)48(44)56-47(40)43/h1-32H. The summed E-state index contributed by atoms with van der Waals surface area (Å²) in [5.74, 6) is 1.94. The van der Waals surface area contributed by atoms with Crippen LogP contribution in [0.1, 0.15) is 0 Å². The third-order valence-corrected chi connectivity index (χ3v) is 11.9. The fourth-order valence-electron chi connectivity index (χ4n) is 7.97. The summed E-state index contributed by atoms with van der Waals surface area (Å²) in [6.07, 6.45) is 0. The van der Waals surface area contributed by atoms with E-state index < -0.39 is 0 Å². The van der Waals surface area contributed by atoms with Crippen molar-refractivity contribution in [2.45, 2.75) is 0 Å². The summed E-state index contributed by atoms with van der Waals surface area (Å²) in [6.45, 7) is 0. The van der Waals surface area contributed by atoms with E-state index in [0.717, 1.165) is 27.8 Å². The van der Waals surface area contributed by atoms with Gasteiger partial charge in [0.2, 0.25) is 0 Å². The molecule has 0 spiro atoms. The van der Waals surface area contributed by atoms with Crippen molar-refractivity contribution in [1.29, 1.82) is 0 Å². The Morgan fingerprint density at radius 2 is 0.786 bits per heavy atom. The lowest BCUT2D eigenvalue weighted by Crippen LogP contribution is -2.00. The summed E-state index contributed by atoms with van der Waals surface area (Å²) in [5.41, 5.74) is 11.2. The zero-order valence-corrected chi connectivity index (χ0v) is 31.0. The Bertz CT molecular complexity index is 3200. The van der Waals surface area contributed by atoms with E-state index in [9.17, 15) is 0 Å². The van der Waals surface area contributed by atoms with Gasteiger partial charge in [0.05, 0.1) is 15.7 Å². The van der Waals surface area contributed by atoms with Gasteiger partial charge in [-0.05, 0) is 40.5 Å². The molecule has 0 atom stereocenters. The average molecular weight is 733 g/mol. The Balaban J connectivity index is 1.02. The van der Waals surface area contributed by atoms with Crippen LogP contribution in [0.2, 0.25) is 0 Å². The van der Waals surface area contributed by atoms with E-state index in [1.807, 2.05) is 47.7 Å². The van der Waals surface area contributed by atoms with Crippen LogP contribution in [0.25, 0.3) is 104 Å². The second kappa shape index (κ2) is 13.3. The van der Waals surface area contributed by atoms with Gasteiger partial charge < -0.3 is 4.57 Å². The van der Waals surface area contributed by atoms with Gasteiger partial charge in [-0.15, -0.1) is 11.3 Å². The quantitative estimate of drug-likeness (QED) is 0.171. The summed E-state index contributed by atoms with van der Waals surface area (Å²) < 4.78 is 5.01. The Morgan fingerprint density at radius 1 is 0.321 bits per heavy atom. The van der Waals surface area contributed by atoms with Crippen molar-refractivity contribution in [3.05, 3.63) is 194 Å². The highest BCUT2D eigenvalue weighted by atomic mass is 32.1. The summed E-state index contributed by atoms with van der Waals surface area (Å²) in [5, 5.41) is 5.08. The molecule has 0 N–H and O–H groups in total. The van der Waals surface area contributed by atoms with Crippen molar-refractivity contribution < 1.29 is 0 Å². The van der Waals surface area contributed by atoms with Crippen LogP contribution < -0.4 is 0 Å². The van der Waals surface area contributed by atoms with Crippen LogP contribution in [0, 0.1) is 0 Å². The monoisotopic (exact) mass is 732 g/mol. The van der Waals surface area contributed by atoms with Crippen LogP contribution >= 0.6 is 11.3 Å². The van der Waals surface area contributed by atoms with E-state index in [-0.39, 0.29) is 0 Å². The normalized spacial score (nSPS) is 11.6. The number of fused-ring (bicyclic) bond motifs is 7. The van der Waals surface area contributed by atoms with E-state index in [2.05, 4.69) is 162 Å². The Kier molecular flexibility index (Phi) is 7.64. The predicted molar refractivity (Wildman–Crippen MR) is 234 cm³/mol. The fourth-order valence-corrected chi connectivity index (χ4v) is 9.34. The molecule has 0 aliphatic carbocycles. The molecule has 11 rings (SSSR count). The molecule has 11 aromatic rings. The second-order valence-corrected chi connectivity index (χ2v) is 15.0. The molecule has 0 unspecified atom stereocenters. The maximum Gasteiger partial charge on any atom is 0.164 e. The van der Waals surface area contributed by atoms with Crippen LogP contribution in [0.5, 0.6) is 0 Å². The lowest BCUT2D eigenvalue weighted by Gasteiger charge is -2.10. The van der Waals surface area contributed by atoms with Gasteiger partial charge >= 0.3 is 0 Å². The highest BCUT2D eigenvalue weighted by Crippen LogP contribution is 2.45. The lowest BCUT2D eigenvalue weighted by molar-refractivity contribution is 1.07. The Morgan fingerprint density at radius 3 is 1.45 bits per heavy atom. The first-order valence-electron chi connectivity index (χ1n) is 18.8. The molecule has 3 heterocycles. The largest absolute Gasteiger partial charge is 0.308 e. The first kappa shape index (κ1) is 32.2. The molecule has 4 nitrogen and oxygen atoms in total. The molecule has 0 saturated heterocycles. The van der Waals surface area contributed by atoms with Crippen molar-refractivity contribution in [3.63, 3.8) is 0 Å². The van der Waals surface area contributed by atoms with Gasteiger partial charge in [0.15, 0.2) is 17.5 Å². The smallest absolute Gasteiger partial charge is 0.164 e. The van der Waals surface area contributed by atoms with Gasteiger partial charge in [0, 0.05) is 48.6 Å². The minimum Gasteiger partial charge on any atom is -0.308 e. The van der Waals surface area contributed by atoms with Gasteiger partial charge in [-0.2, -0.15) is 0 Å². The molecule has 262 valence electrons. The first-order chi connectivity index (χ1) is 27.8. The third-order valence-electron chi connectivity index (χ3n) is 10.7. The van der Waals surface area contributed by atoms with Crippen LogP contribution in [0.3, 0.4) is 0 Å². The predicted octanol–water partition coefficient (Wildman–Crippen LogP) is 13.7. The molecular weight excluding hydrogens is 701 g/mol. The Hall–Kier alpha value is -7.21. The Labute approximate surface area is 327 Å². The molecule has 5 heteroatoms. The zero-order valence-electron chi connectivity index (χ0n) is 30.2. The third kappa shape index (κ3) is 5.40. The number of nitrogens with zero attached hydrogens (tertiary/aromatic N) is 4. The summed E-state index contributed by atoms with van der Waals surface area (Å²) in [7, 11) is 0. The number of aromatic nitrogens is 4. The molecule has 0 amide bonds. The molecular formula is C51H32N4S. The zero-order chi connectivity index (χ0) is 37.0. The van der Waals surface area contributed by atoms with Gasteiger partial charge in [-0.3, -0.25) is 0 Å². The van der Waals surface area contributed by atoms with E-state index in [0.29, 0.717) is 17.5 Å². The minimum atomic E-state index is 0.642. The molecule has 0 radical (unpaired) electrons. The molecule has 0 bridgehead atoms. The van der Waals surface area contributed by atoms with Crippen molar-refractivity contribution in [2.75, 3.05) is 0 Å². The molecule has 0 aliphatic heterocycles. The molecule has 0 aliphatic rings. The van der Waals surface area contributed by atoms with Crippen LogP contribution in [0.4, 0.5) is 0 Å². The maximum atomic E-state index is 5.04. The van der Waals surface area contributed by atoms with Gasteiger partial charge in [-0.25, -0.2) is 15.0 Å². The lowest BCUT2D eigenvalue weighted by atomic mass is 10.0. The number of hydrogen-bond acceptors (Lipinski definition) is 4. The highest BCUT2D eigenvalue weighted by molar-refractivity contribution is 7.27. The molecule has 0 saturated carbocycles. The number of rotatable bonds is 6. The summed E-state index contributed by atoms with van der Waals surface area (Å²) in [4.78, 5) is 15.0. The topological polar surface area (TPSA) is 43.6 Å². The molecule has 8 aromatic carbocycles. The van der Waals surface area contributed by atoms with Crippen LogP contribution in [-0.4, -0.2) is 19.5 Å². The van der Waals surface area contributed by atoms with E-state index in [1.54, 1.807) is 0 Å². The summed E-state index contributed by atoms with van der Waals surface area (Å²) in [6, 6.07) is 68.4. The van der Waals surface area contributed by atoms with E-state index >= 15 is 0 Å². The molecule has 56 heavy (non-hydrogen) atoms. The van der Waals surface area contributed by atoms with Crippen molar-refractivity contribution in [2.24, 2.45) is 0 Å². The average Bonchev–Trinajstić information content (AvgIpc) is 3.84. The highest BCUT2D eigenvalue weighted by Gasteiger charge is 2.19. The van der Waals surface area contributed by atoms with Gasteiger partial charge in [0.25, 0.3) is 0 Å². The number of hydrogen-bond donors (Lipinski definition) is 0.